The highest BCUT2D eigenvalue weighted by Crippen LogP contribution is 2.49. The summed E-state index contributed by atoms with van der Waals surface area (Å²) in [7, 11) is 2.91. The summed E-state index contributed by atoms with van der Waals surface area (Å²) in [6.07, 6.45) is -6.56. The maximum Gasteiger partial charge on any atom is 0.509 e. The Morgan fingerprint density at radius 1 is 0.884 bits per heavy atom. The van der Waals surface area contributed by atoms with Gasteiger partial charge in [0.2, 0.25) is 0 Å². The summed E-state index contributed by atoms with van der Waals surface area (Å²) < 4.78 is 68.6. The Hall–Kier alpha value is -3.72. The Bertz CT molecular complexity index is 1920. The van der Waals surface area contributed by atoms with Gasteiger partial charge in [0, 0.05) is 51.3 Å². The summed E-state index contributed by atoms with van der Waals surface area (Å²) in [6, 6.07) is 0. The molecule has 4 aliphatic rings. The van der Waals surface area contributed by atoms with Crippen LogP contribution in [0.25, 0.3) is 0 Å². The van der Waals surface area contributed by atoms with Crippen LogP contribution in [-0.4, -0.2) is 144 Å². The van der Waals surface area contributed by atoms with Gasteiger partial charge >= 0.3 is 24.2 Å². The fourth-order valence-corrected chi connectivity index (χ4v) is 11.1. The monoisotopic (exact) mass is 981 g/mol. The van der Waals surface area contributed by atoms with Crippen LogP contribution in [0.3, 0.4) is 0 Å². The zero-order valence-corrected chi connectivity index (χ0v) is 43.5. The fraction of sp³-hybridized carbons (Fsp3) is 0.840. The van der Waals surface area contributed by atoms with Crippen molar-refractivity contribution in [1.29, 1.82) is 0 Å². The first-order valence-electron chi connectivity index (χ1n) is 24.6. The number of ketones is 1. The summed E-state index contributed by atoms with van der Waals surface area (Å²) in [6.45, 7) is 25.4. The molecule has 1 aromatic rings. The number of aliphatic hydroxyl groups is 1. The average Bonchev–Trinajstić information content (AvgIpc) is 3.95. The molecule has 0 aromatic carbocycles. The summed E-state index contributed by atoms with van der Waals surface area (Å²) in [4.78, 5) is 74.7. The molecule has 4 saturated heterocycles. The van der Waals surface area contributed by atoms with Gasteiger partial charge in [0.1, 0.15) is 36.8 Å². The van der Waals surface area contributed by atoms with Gasteiger partial charge in [0.05, 0.1) is 36.8 Å². The minimum atomic E-state index is -1.80. The van der Waals surface area contributed by atoms with E-state index in [0.29, 0.717) is 6.42 Å². The Morgan fingerprint density at radius 3 is 2.14 bits per heavy atom. The van der Waals surface area contributed by atoms with Gasteiger partial charge in [-0.15, -0.1) is 0 Å². The number of hydrogen-bond acceptors (Lipinski definition) is 18. The van der Waals surface area contributed by atoms with Gasteiger partial charge in [-0.25, -0.2) is 19.1 Å². The number of methoxy groups -OCH3 is 2. The lowest BCUT2D eigenvalue weighted by Gasteiger charge is -2.49. The molecule has 1 N–H and O–H groups in total. The van der Waals surface area contributed by atoms with Crippen LogP contribution in [0, 0.1) is 46.8 Å². The number of ether oxygens (including phenoxy) is 11. The van der Waals surface area contributed by atoms with Gasteiger partial charge in [-0.2, -0.15) is 0 Å². The van der Waals surface area contributed by atoms with E-state index >= 15 is 9.59 Å². The zero-order valence-electron chi connectivity index (χ0n) is 43.5. The largest absolute Gasteiger partial charge is 0.509 e. The molecule has 19 heteroatoms. The maximum atomic E-state index is 15.5. The Labute approximate surface area is 407 Å². The highest BCUT2D eigenvalue weighted by Gasteiger charge is 2.58. The lowest BCUT2D eigenvalue weighted by atomic mass is 9.61. The van der Waals surface area contributed by atoms with Crippen LogP contribution in [0.1, 0.15) is 123 Å². The van der Waals surface area contributed by atoms with Gasteiger partial charge in [0.25, 0.3) is 0 Å². The van der Waals surface area contributed by atoms with Gasteiger partial charge < -0.3 is 57.2 Å². The molecule has 0 aliphatic carbocycles. The van der Waals surface area contributed by atoms with Gasteiger partial charge in [-0.3, -0.25) is 14.4 Å². The molecule has 0 unspecified atom stereocenters. The lowest BCUT2D eigenvalue weighted by Crippen LogP contribution is -2.59. The van der Waals surface area contributed by atoms with Gasteiger partial charge in [-0.1, -0.05) is 68.7 Å². The van der Waals surface area contributed by atoms with E-state index in [1.54, 1.807) is 55.4 Å². The topological polar surface area (TPSA) is 225 Å². The molecular formula is C50H80N2O17. The van der Waals surface area contributed by atoms with Crippen LogP contribution in [0.15, 0.2) is 18.7 Å². The quantitative estimate of drug-likeness (QED) is 0.161. The third kappa shape index (κ3) is 12.1. The molecule has 20 atom stereocenters. The Balaban J connectivity index is 1.64. The number of hydrogen-bond donors (Lipinski definition) is 1. The number of aliphatic hydroxyl groups excluding tert-OH is 1. The molecule has 69 heavy (non-hydrogen) atoms. The summed E-state index contributed by atoms with van der Waals surface area (Å²) in [5.41, 5.74) is -3.59. The van der Waals surface area contributed by atoms with E-state index < -0.39 is 144 Å². The molecule has 5 rings (SSSR count). The molecule has 1 aromatic heterocycles. The molecule has 0 spiro atoms. The van der Waals surface area contributed by atoms with E-state index in [1.165, 1.54) is 32.9 Å². The summed E-state index contributed by atoms with van der Waals surface area (Å²) in [5.74, 6) is -6.25. The van der Waals surface area contributed by atoms with Crippen LogP contribution in [0.4, 0.5) is 9.59 Å². The zero-order chi connectivity index (χ0) is 51.5. The predicted molar refractivity (Wildman–Crippen MR) is 246 cm³/mol. The third-order valence-corrected chi connectivity index (χ3v) is 15.8. The van der Waals surface area contributed by atoms with Crippen molar-refractivity contribution in [3.05, 3.63) is 18.7 Å². The first-order chi connectivity index (χ1) is 32.2. The number of carbonyl (C=O) groups is 5. The normalized spacial score (nSPS) is 41.8. The molecule has 4 fully saturated rings. The van der Waals surface area contributed by atoms with Crippen molar-refractivity contribution in [2.45, 2.75) is 201 Å². The molecule has 5 heterocycles. The summed E-state index contributed by atoms with van der Waals surface area (Å²) in [5, 5.41) is 10.8. The Morgan fingerprint density at radius 2 is 1.55 bits per heavy atom. The molecule has 0 bridgehead atoms. The number of fused-ring (bicyclic) bond motifs is 1. The smallest absolute Gasteiger partial charge is 0.461 e. The maximum absolute atomic E-state index is 15.5. The van der Waals surface area contributed by atoms with Crippen molar-refractivity contribution < 1.29 is 81.2 Å². The second-order valence-electron chi connectivity index (χ2n) is 21.3. The first-order valence-corrected chi connectivity index (χ1v) is 24.6. The van der Waals surface area contributed by atoms with Crippen molar-refractivity contribution in [1.82, 2.24) is 9.55 Å². The van der Waals surface area contributed by atoms with E-state index in [-0.39, 0.29) is 37.7 Å². The molecule has 0 saturated carbocycles. The minimum absolute atomic E-state index is 0.0349. The number of aromatic nitrogens is 2. The molecule has 0 radical (unpaired) electrons. The van der Waals surface area contributed by atoms with Crippen molar-refractivity contribution in [3.63, 3.8) is 0 Å². The Kier molecular flexibility index (Phi) is 18.6. The highest BCUT2D eigenvalue weighted by molar-refractivity contribution is 5.91. The SMILES string of the molecule is CC[C@]1(C)[C@@H](C)C[C@](C)(OC(=O)n2ccnc2)C(=O)[C@H](C)[C@H](OC(=O)CC(C)C)[C@@H](C)[C@@H]([C@@H](C)CO[C@@H]2O[C@H](C)[C@@H](O)[C@@H](OC)[C@H]2OC)OC(=O)[C@H](C)[C@@H](O[C@H]2C[C@@]3(C)OC(=O)O[C@H]3[C@H](C)O2)[C@@H]1C. The van der Waals surface area contributed by atoms with E-state index in [9.17, 15) is 19.5 Å². The average molecular weight is 981 g/mol. The van der Waals surface area contributed by atoms with E-state index in [0.717, 1.165) is 4.57 Å². The van der Waals surface area contributed by atoms with E-state index in [1.807, 2.05) is 34.6 Å². The first kappa shape index (κ1) is 56.2. The summed E-state index contributed by atoms with van der Waals surface area (Å²) >= 11 is 0. The van der Waals surface area contributed by atoms with Crippen LogP contribution >= 0.6 is 0 Å². The van der Waals surface area contributed by atoms with Gasteiger partial charge in [-0.05, 0) is 64.2 Å². The fourth-order valence-electron chi connectivity index (χ4n) is 11.1. The number of cyclic esters (lactones) is 1. The minimum Gasteiger partial charge on any atom is -0.461 e. The third-order valence-electron chi connectivity index (χ3n) is 15.8. The van der Waals surface area contributed by atoms with Crippen LogP contribution < -0.4 is 0 Å². The van der Waals surface area contributed by atoms with Gasteiger partial charge in [0.15, 0.2) is 35.7 Å². The van der Waals surface area contributed by atoms with E-state index in [2.05, 4.69) is 11.9 Å². The molecular weight excluding hydrogens is 901 g/mol. The van der Waals surface area contributed by atoms with Crippen LogP contribution in [0.5, 0.6) is 0 Å². The number of imidazole rings is 1. The number of nitrogens with zero attached hydrogens (tertiary/aromatic N) is 2. The standard InChI is InChI=1S/C50H80N2O17/c1-17-48(12)27(5)21-49(13,68-46(57)52-19-18-51-24-52)42(55)29(7)38(64-34(53)20-25(2)3)28(6)37(26(4)23-61-45-41(60-16)40(59-15)36(54)32(10)63-45)66-44(56)30(8)39(31(48)9)65-35-22-50(14)43(33(11)62-35)67-47(58)69-50/h18-19,24-33,35-41,43,45,54H,17,20-23H2,1-16H3/t26-,27-,28-,29+,30+,31-,32+,33-,35-,36+,37+,38+,39+,40+,41+,43-,45+,48+,49-,50+/m0/s1. The number of esters is 2. The number of rotatable bonds is 13. The van der Waals surface area contributed by atoms with Crippen molar-refractivity contribution in [3.8, 4) is 0 Å². The number of Topliss-reactive ketones (excluding diaryl/α,β-unsaturated/α-hetero) is 1. The number of carbonyl (C=O) groups excluding carboxylic acids is 5. The molecule has 0 amide bonds. The van der Waals surface area contributed by atoms with E-state index in [4.69, 9.17) is 52.1 Å². The predicted octanol–water partition coefficient (Wildman–Crippen LogP) is 6.67. The molecule has 19 nitrogen and oxygen atoms in total. The second-order valence-corrected chi connectivity index (χ2v) is 21.3. The molecule has 4 aliphatic heterocycles. The highest BCUT2D eigenvalue weighted by atomic mass is 16.8. The van der Waals surface area contributed by atoms with Crippen molar-refractivity contribution >= 4 is 30.0 Å². The van der Waals surface area contributed by atoms with Crippen molar-refractivity contribution in [2.75, 3.05) is 20.8 Å². The van der Waals surface area contributed by atoms with Crippen LogP contribution in [0.2, 0.25) is 0 Å². The van der Waals surface area contributed by atoms with Crippen LogP contribution in [-0.2, 0) is 66.5 Å². The lowest BCUT2D eigenvalue weighted by molar-refractivity contribution is -0.305. The second kappa shape index (κ2) is 22.8. The van der Waals surface area contributed by atoms with Crippen molar-refractivity contribution in [2.24, 2.45) is 46.8 Å². The molecule has 392 valence electrons.